The Kier molecular flexibility index (Phi) is 5.10. The molecule has 0 atom stereocenters. The minimum atomic E-state index is -0.289. The summed E-state index contributed by atoms with van der Waals surface area (Å²) in [6.45, 7) is 2.77. The molecule has 1 aliphatic rings. The van der Waals surface area contributed by atoms with Crippen LogP contribution in [0.15, 0.2) is 55.1 Å². The second-order valence-electron chi connectivity index (χ2n) is 8.68. The third-order valence-electron chi connectivity index (χ3n) is 6.18. The van der Waals surface area contributed by atoms with Crippen molar-refractivity contribution >= 4 is 22.5 Å². The number of halogens is 2. The molecule has 170 valence electrons. The minimum Gasteiger partial charge on any atom is -0.267 e. The van der Waals surface area contributed by atoms with E-state index in [1.165, 1.54) is 25.0 Å². The van der Waals surface area contributed by atoms with Gasteiger partial charge < -0.3 is 0 Å². The van der Waals surface area contributed by atoms with Gasteiger partial charge in [0.1, 0.15) is 17.8 Å². The van der Waals surface area contributed by atoms with Gasteiger partial charge in [-0.05, 0) is 56.0 Å². The average Bonchev–Trinajstić information content (AvgIpc) is 3.55. The summed E-state index contributed by atoms with van der Waals surface area (Å²) in [7, 11) is 0. The van der Waals surface area contributed by atoms with E-state index in [0.29, 0.717) is 28.9 Å². The number of aryl methyl sites for hydroxylation is 1. The van der Waals surface area contributed by atoms with Gasteiger partial charge in [-0.2, -0.15) is 10.2 Å². The Hall–Kier alpha value is -3.65. The molecule has 0 amide bonds. The lowest BCUT2D eigenvalue weighted by Gasteiger charge is -2.08. The van der Waals surface area contributed by atoms with Gasteiger partial charge in [-0.3, -0.25) is 9.67 Å². The number of fused-ring (bicyclic) bond motifs is 1. The van der Waals surface area contributed by atoms with Gasteiger partial charge in [0.2, 0.25) is 0 Å². The number of benzene rings is 1. The molecule has 0 N–H and O–H groups in total. The number of hydrogen-bond acceptors (Lipinski definition) is 5. The van der Waals surface area contributed by atoms with Crippen molar-refractivity contribution in [2.75, 3.05) is 0 Å². The summed E-state index contributed by atoms with van der Waals surface area (Å²) >= 11 is 6.85. The van der Waals surface area contributed by atoms with E-state index in [4.69, 9.17) is 16.7 Å². The molecule has 0 unspecified atom stereocenters. The zero-order chi connectivity index (χ0) is 23.2. The van der Waals surface area contributed by atoms with Crippen molar-refractivity contribution in [3.8, 4) is 17.1 Å². The van der Waals surface area contributed by atoms with Gasteiger partial charge in [0.15, 0.2) is 5.82 Å². The molecule has 1 fully saturated rings. The maximum absolute atomic E-state index is 13.4. The number of nitrogens with zero attached hydrogens (tertiary/aromatic N) is 7. The van der Waals surface area contributed by atoms with Gasteiger partial charge >= 0.3 is 0 Å². The molecule has 7 nitrogen and oxygen atoms in total. The van der Waals surface area contributed by atoms with Crippen LogP contribution in [0.4, 0.5) is 4.39 Å². The van der Waals surface area contributed by atoms with Crippen LogP contribution in [0, 0.1) is 18.7 Å². The fourth-order valence-corrected chi connectivity index (χ4v) is 4.51. The summed E-state index contributed by atoms with van der Waals surface area (Å²) in [5, 5.41) is 11.1. The number of pyridine rings is 1. The van der Waals surface area contributed by atoms with Crippen molar-refractivity contribution in [2.45, 2.75) is 32.7 Å². The highest BCUT2D eigenvalue weighted by atomic mass is 35.5. The lowest BCUT2D eigenvalue weighted by Crippen LogP contribution is -2.09. The lowest BCUT2D eigenvalue weighted by atomic mass is 10.1. The number of rotatable bonds is 6. The van der Waals surface area contributed by atoms with Crippen LogP contribution in [0.5, 0.6) is 0 Å². The Morgan fingerprint density at radius 2 is 1.91 bits per heavy atom. The van der Waals surface area contributed by atoms with Gasteiger partial charge in [0, 0.05) is 36.2 Å². The highest BCUT2D eigenvalue weighted by Gasteiger charge is 2.26. The van der Waals surface area contributed by atoms with E-state index in [2.05, 4.69) is 20.1 Å². The average molecular weight is 474 g/mol. The van der Waals surface area contributed by atoms with Gasteiger partial charge in [-0.1, -0.05) is 11.6 Å². The molecule has 1 aromatic carbocycles. The standard InChI is InChI=1S/C25H21ClFN7/c1-15-20-8-9-28-12-22(20)34(31-15)23-11-19(29-14-30-23)10-21-24(26)25(17-4-6-18(27)7-5-17)32-33(21)13-16-2-3-16/h4-9,11-12,14,16H,2-3,10,13H2,1H3. The van der Waals surface area contributed by atoms with E-state index in [1.54, 1.807) is 35.5 Å². The van der Waals surface area contributed by atoms with Crippen LogP contribution < -0.4 is 0 Å². The Morgan fingerprint density at radius 3 is 2.71 bits per heavy atom. The Morgan fingerprint density at radius 1 is 1.09 bits per heavy atom. The van der Waals surface area contributed by atoms with Gasteiger partial charge in [0.25, 0.3) is 0 Å². The molecule has 0 bridgehead atoms. The molecule has 4 aromatic heterocycles. The van der Waals surface area contributed by atoms with E-state index in [1.807, 2.05) is 23.7 Å². The summed E-state index contributed by atoms with van der Waals surface area (Å²) in [5.41, 5.74) is 4.94. The maximum Gasteiger partial charge on any atom is 0.157 e. The zero-order valence-corrected chi connectivity index (χ0v) is 19.2. The van der Waals surface area contributed by atoms with Crippen LogP contribution in [0.25, 0.3) is 28.0 Å². The van der Waals surface area contributed by atoms with E-state index in [0.717, 1.165) is 40.1 Å². The first-order chi connectivity index (χ1) is 16.6. The molecule has 0 saturated heterocycles. The Labute approximate surface area is 200 Å². The summed E-state index contributed by atoms with van der Waals surface area (Å²) < 4.78 is 17.2. The van der Waals surface area contributed by atoms with E-state index >= 15 is 0 Å². The highest BCUT2D eigenvalue weighted by molar-refractivity contribution is 6.33. The van der Waals surface area contributed by atoms with Crippen molar-refractivity contribution < 1.29 is 4.39 Å². The van der Waals surface area contributed by atoms with Crippen molar-refractivity contribution in [1.82, 2.24) is 34.5 Å². The van der Waals surface area contributed by atoms with Gasteiger partial charge in [-0.25, -0.2) is 19.0 Å². The van der Waals surface area contributed by atoms with Crippen molar-refractivity contribution in [2.24, 2.45) is 5.92 Å². The monoisotopic (exact) mass is 473 g/mol. The minimum absolute atomic E-state index is 0.289. The first-order valence-corrected chi connectivity index (χ1v) is 11.6. The normalized spacial score (nSPS) is 13.6. The van der Waals surface area contributed by atoms with Crippen molar-refractivity contribution in [3.05, 3.63) is 83.0 Å². The van der Waals surface area contributed by atoms with Crippen LogP contribution in [-0.4, -0.2) is 34.5 Å². The predicted octanol–water partition coefficient (Wildman–Crippen LogP) is 5.18. The molecule has 9 heteroatoms. The third kappa shape index (κ3) is 3.84. The molecule has 1 aliphatic carbocycles. The summed E-state index contributed by atoms with van der Waals surface area (Å²) in [6, 6.07) is 10.1. The predicted molar refractivity (Wildman–Crippen MR) is 127 cm³/mol. The summed E-state index contributed by atoms with van der Waals surface area (Å²) in [4.78, 5) is 13.2. The van der Waals surface area contributed by atoms with Gasteiger partial charge in [0.05, 0.1) is 33.8 Å². The number of aromatic nitrogens is 7. The molecule has 0 aliphatic heterocycles. The molecular formula is C25H21ClFN7. The van der Waals surface area contributed by atoms with Crippen molar-refractivity contribution in [1.29, 1.82) is 0 Å². The second kappa shape index (κ2) is 8.29. The molecule has 1 saturated carbocycles. The molecule has 0 radical (unpaired) electrons. The first-order valence-electron chi connectivity index (χ1n) is 11.2. The molecule has 6 rings (SSSR count). The van der Waals surface area contributed by atoms with Crippen LogP contribution in [-0.2, 0) is 13.0 Å². The van der Waals surface area contributed by atoms with E-state index in [-0.39, 0.29) is 5.82 Å². The first kappa shape index (κ1) is 20.9. The zero-order valence-electron chi connectivity index (χ0n) is 18.5. The molecule has 0 spiro atoms. The summed E-state index contributed by atoms with van der Waals surface area (Å²) in [5.74, 6) is 0.990. The smallest absolute Gasteiger partial charge is 0.157 e. The van der Waals surface area contributed by atoms with Crippen LogP contribution in [0.3, 0.4) is 0 Å². The lowest BCUT2D eigenvalue weighted by molar-refractivity contribution is 0.544. The maximum atomic E-state index is 13.4. The van der Waals surface area contributed by atoms with Crippen molar-refractivity contribution in [3.63, 3.8) is 0 Å². The molecule has 5 aromatic rings. The fourth-order valence-electron chi connectivity index (χ4n) is 4.20. The van der Waals surface area contributed by atoms with Crippen LogP contribution in [0.1, 0.15) is 29.9 Å². The second-order valence-corrected chi connectivity index (χ2v) is 9.05. The third-order valence-corrected chi connectivity index (χ3v) is 6.58. The quantitative estimate of drug-likeness (QED) is 0.340. The largest absolute Gasteiger partial charge is 0.267 e. The SMILES string of the molecule is Cc1nn(-c2cc(Cc3c(Cl)c(-c4ccc(F)cc4)nn3CC3CC3)ncn2)c2cnccc12. The van der Waals surface area contributed by atoms with Crippen LogP contribution >= 0.6 is 11.6 Å². The Bertz CT molecular complexity index is 1500. The van der Waals surface area contributed by atoms with E-state index in [9.17, 15) is 4.39 Å². The van der Waals surface area contributed by atoms with Gasteiger partial charge in [-0.15, -0.1) is 0 Å². The topological polar surface area (TPSA) is 74.3 Å². The fraction of sp³-hybridized carbons (Fsp3) is 0.240. The summed E-state index contributed by atoms with van der Waals surface area (Å²) in [6.07, 6.45) is 7.97. The molecular weight excluding hydrogens is 453 g/mol. The van der Waals surface area contributed by atoms with Crippen LogP contribution in [0.2, 0.25) is 5.02 Å². The molecule has 4 heterocycles. The highest BCUT2D eigenvalue weighted by Crippen LogP contribution is 2.36. The Balaban J connectivity index is 1.39. The van der Waals surface area contributed by atoms with E-state index < -0.39 is 0 Å². The number of hydrogen-bond donors (Lipinski definition) is 0. The molecule has 34 heavy (non-hydrogen) atoms.